The lowest BCUT2D eigenvalue weighted by atomic mass is 10.1. The number of nitrogens with zero attached hydrogens (tertiary/aromatic N) is 2. The highest BCUT2D eigenvalue weighted by atomic mass is 16.5. The van der Waals surface area contributed by atoms with Crippen LogP contribution in [0.15, 0.2) is 22.7 Å². The lowest BCUT2D eigenvalue weighted by Crippen LogP contribution is -2.06. The Morgan fingerprint density at radius 2 is 2.12 bits per heavy atom. The first kappa shape index (κ1) is 10.8. The molecule has 0 atom stereocenters. The maximum absolute atomic E-state index is 5.24. The molecular weight excluding hydrogens is 202 g/mol. The van der Waals surface area contributed by atoms with Crippen molar-refractivity contribution in [3.8, 4) is 11.5 Å². The lowest BCUT2D eigenvalue weighted by molar-refractivity contribution is 0.420. The molecule has 0 radical (unpaired) electrons. The summed E-state index contributed by atoms with van der Waals surface area (Å²) in [7, 11) is 1.86. The van der Waals surface area contributed by atoms with Gasteiger partial charge in [0.25, 0.3) is 5.89 Å². The van der Waals surface area contributed by atoms with Crippen LogP contribution in [0.1, 0.15) is 17.0 Å². The minimum absolute atomic E-state index is 0.589. The Morgan fingerprint density at radius 1 is 1.31 bits per heavy atom. The van der Waals surface area contributed by atoms with E-state index in [1.165, 1.54) is 5.56 Å². The van der Waals surface area contributed by atoms with E-state index in [0.29, 0.717) is 18.3 Å². The van der Waals surface area contributed by atoms with Crippen molar-refractivity contribution in [3.63, 3.8) is 0 Å². The second-order valence-electron chi connectivity index (χ2n) is 3.86. The molecule has 0 fully saturated rings. The summed E-state index contributed by atoms with van der Waals surface area (Å²) in [5, 5.41) is 6.89. The fourth-order valence-electron chi connectivity index (χ4n) is 1.56. The molecule has 0 aliphatic rings. The summed E-state index contributed by atoms with van der Waals surface area (Å²) in [5.41, 5.74) is 3.34. The average Bonchev–Trinajstić information content (AvgIpc) is 2.71. The zero-order chi connectivity index (χ0) is 11.5. The number of rotatable bonds is 3. The Hall–Kier alpha value is -1.68. The quantitative estimate of drug-likeness (QED) is 0.855. The molecule has 2 rings (SSSR count). The van der Waals surface area contributed by atoms with E-state index in [9.17, 15) is 0 Å². The second kappa shape index (κ2) is 4.45. The van der Waals surface area contributed by atoms with Gasteiger partial charge in [0.05, 0.1) is 6.54 Å². The maximum atomic E-state index is 5.24. The first-order chi connectivity index (χ1) is 7.70. The average molecular weight is 217 g/mol. The fraction of sp³-hybridized carbons (Fsp3) is 0.333. The van der Waals surface area contributed by atoms with E-state index in [1.54, 1.807) is 0 Å². The number of aromatic nitrogens is 2. The number of nitrogens with one attached hydrogen (secondary N) is 1. The molecule has 0 aliphatic heterocycles. The third-order valence-electron chi connectivity index (χ3n) is 2.43. The molecule has 84 valence electrons. The Kier molecular flexibility index (Phi) is 3.01. The fourth-order valence-corrected chi connectivity index (χ4v) is 1.56. The predicted molar refractivity (Wildman–Crippen MR) is 62.0 cm³/mol. The van der Waals surface area contributed by atoms with Gasteiger partial charge in [0, 0.05) is 5.56 Å². The summed E-state index contributed by atoms with van der Waals surface area (Å²) in [5.74, 6) is 1.27. The molecule has 0 saturated carbocycles. The number of hydrogen-bond acceptors (Lipinski definition) is 4. The van der Waals surface area contributed by atoms with Crippen molar-refractivity contribution in [2.75, 3.05) is 7.05 Å². The standard InChI is InChI=1S/C12H15N3O/c1-8-4-5-9(2)10(6-8)12-14-11(7-13-3)15-16-12/h4-6,13H,7H2,1-3H3. The zero-order valence-corrected chi connectivity index (χ0v) is 9.74. The second-order valence-corrected chi connectivity index (χ2v) is 3.86. The summed E-state index contributed by atoms with van der Waals surface area (Å²) in [6, 6.07) is 6.20. The van der Waals surface area contributed by atoms with Crippen molar-refractivity contribution in [1.82, 2.24) is 15.5 Å². The zero-order valence-electron chi connectivity index (χ0n) is 9.74. The van der Waals surface area contributed by atoms with Gasteiger partial charge >= 0.3 is 0 Å². The van der Waals surface area contributed by atoms with Gasteiger partial charge in [-0.25, -0.2) is 0 Å². The molecule has 1 heterocycles. The first-order valence-electron chi connectivity index (χ1n) is 5.25. The van der Waals surface area contributed by atoms with E-state index in [4.69, 9.17) is 4.52 Å². The molecule has 0 spiro atoms. The van der Waals surface area contributed by atoms with Crippen LogP contribution in [-0.2, 0) is 6.54 Å². The van der Waals surface area contributed by atoms with E-state index < -0.39 is 0 Å². The molecule has 4 nitrogen and oxygen atoms in total. The molecule has 16 heavy (non-hydrogen) atoms. The van der Waals surface area contributed by atoms with E-state index in [1.807, 2.05) is 20.9 Å². The molecule has 1 aromatic carbocycles. The molecule has 0 amide bonds. The molecule has 2 aromatic rings. The van der Waals surface area contributed by atoms with E-state index in [-0.39, 0.29) is 0 Å². The minimum Gasteiger partial charge on any atom is -0.334 e. The van der Waals surface area contributed by atoms with Gasteiger partial charge in [-0.2, -0.15) is 4.98 Å². The van der Waals surface area contributed by atoms with Crippen LogP contribution in [0.5, 0.6) is 0 Å². The van der Waals surface area contributed by atoms with Crippen molar-refractivity contribution in [1.29, 1.82) is 0 Å². The van der Waals surface area contributed by atoms with Crippen molar-refractivity contribution in [2.24, 2.45) is 0 Å². The minimum atomic E-state index is 0.589. The Morgan fingerprint density at radius 3 is 2.88 bits per heavy atom. The summed E-state index contributed by atoms with van der Waals surface area (Å²) >= 11 is 0. The summed E-state index contributed by atoms with van der Waals surface area (Å²) < 4.78 is 5.24. The SMILES string of the molecule is CNCc1noc(-c2cc(C)ccc2C)n1. The third-order valence-corrected chi connectivity index (χ3v) is 2.43. The van der Waals surface area contributed by atoms with Crippen LogP contribution in [-0.4, -0.2) is 17.2 Å². The van der Waals surface area contributed by atoms with Crippen LogP contribution in [0.2, 0.25) is 0 Å². The molecule has 0 aliphatic carbocycles. The Labute approximate surface area is 94.7 Å². The summed E-state index contributed by atoms with van der Waals surface area (Å²) in [6.07, 6.45) is 0. The van der Waals surface area contributed by atoms with Gasteiger partial charge < -0.3 is 9.84 Å². The van der Waals surface area contributed by atoms with Gasteiger partial charge in [-0.1, -0.05) is 22.9 Å². The Bertz CT molecular complexity index is 491. The highest BCUT2D eigenvalue weighted by Gasteiger charge is 2.10. The van der Waals surface area contributed by atoms with Gasteiger partial charge in [0.1, 0.15) is 0 Å². The van der Waals surface area contributed by atoms with Crippen molar-refractivity contribution >= 4 is 0 Å². The highest BCUT2D eigenvalue weighted by Crippen LogP contribution is 2.22. The van der Waals surface area contributed by atoms with Gasteiger partial charge in [-0.15, -0.1) is 0 Å². The smallest absolute Gasteiger partial charge is 0.258 e. The molecule has 1 aromatic heterocycles. The third kappa shape index (κ3) is 2.12. The number of benzene rings is 1. The molecule has 1 N–H and O–H groups in total. The van der Waals surface area contributed by atoms with Gasteiger partial charge in [0.2, 0.25) is 0 Å². The van der Waals surface area contributed by atoms with E-state index in [2.05, 4.69) is 33.7 Å². The van der Waals surface area contributed by atoms with Crippen LogP contribution in [0.25, 0.3) is 11.5 Å². The largest absolute Gasteiger partial charge is 0.334 e. The lowest BCUT2D eigenvalue weighted by Gasteiger charge is -2.01. The normalized spacial score (nSPS) is 10.7. The van der Waals surface area contributed by atoms with Crippen LogP contribution < -0.4 is 5.32 Å². The van der Waals surface area contributed by atoms with Gasteiger partial charge in [-0.05, 0) is 32.5 Å². The topological polar surface area (TPSA) is 51.0 Å². The molecule has 4 heteroatoms. The van der Waals surface area contributed by atoms with Crippen molar-refractivity contribution < 1.29 is 4.52 Å². The van der Waals surface area contributed by atoms with Crippen molar-refractivity contribution in [3.05, 3.63) is 35.2 Å². The van der Waals surface area contributed by atoms with Crippen LogP contribution >= 0.6 is 0 Å². The van der Waals surface area contributed by atoms with Crippen molar-refractivity contribution in [2.45, 2.75) is 20.4 Å². The van der Waals surface area contributed by atoms with Crippen LogP contribution in [0, 0.1) is 13.8 Å². The number of aryl methyl sites for hydroxylation is 2. The monoisotopic (exact) mass is 217 g/mol. The Balaban J connectivity index is 2.38. The number of hydrogen-bond donors (Lipinski definition) is 1. The van der Waals surface area contributed by atoms with Gasteiger partial charge in [-0.3, -0.25) is 0 Å². The highest BCUT2D eigenvalue weighted by molar-refractivity contribution is 5.59. The maximum Gasteiger partial charge on any atom is 0.258 e. The predicted octanol–water partition coefficient (Wildman–Crippen LogP) is 2.07. The molecular formula is C12H15N3O. The van der Waals surface area contributed by atoms with E-state index in [0.717, 1.165) is 11.1 Å². The molecule has 0 saturated heterocycles. The van der Waals surface area contributed by atoms with Gasteiger partial charge in [0.15, 0.2) is 5.82 Å². The first-order valence-corrected chi connectivity index (χ1v) is 5.25. The summed E-state index contributed by atoms with van der Waals surface area (Å²) in [4.78, 5) is 4.33. The van der Waals surface area contributed by atoms with E-state index >= 15 is 0 Å². The molecule has 0 bridgehead atoms. The molecule has 0 unspecified atom stereocenters. The van der Waals surface area contributed by atoms with Crippen LogP contribution in [0.3, 0.4) is 0 Å². The summed E-state index contributed by atoms with van der Waals surface area (Å²) in [6.45, 7) is 4.71. The van der Waals surface area contributed by atoms with Crippen LogP contribution in [0.4, 0.5) is 0 Å².